The average Bonchev–Trinajstić information content (AvgIpc) is 3.18. The van der Waals surface area contributed by atoms with Crippen molar-refractivity contribution in [1.82, 2.24) is 4.98 Å². The summed E-state index contributed by atoms with van der Waals surface area (Å²) in [5, 5.41) is 6.66. The zero-order valence-corrected chi connectivity index (χ0v) is 18.6. The number of amides is 2. The third kappa shape index (κ3) is 5.71. The van der Waals surface area contributed by atoms with Crippen molar-refractivity contribution in [3.63, 3.8) is 0 Å². The first-order valence-corrected chi connectivity index (χ1v) is 11.7. The number of para-hydroxylation sites is 1. The number of carbonyl (C=O) groups excluding carboxylic acids is 2. The number of fused-ring (bicyclic) bond motifs is 1. The van der Waals surface area contributed by atoms with Gasteiger partial charge in [0.15, 0.2) is 0 Å². The van der Waals surface area contributed by atoms with Gasteiger partial charge in [-0.15, -0.1) is 23.1 Å². The number of thiazole rings is 1. The van der Waals surface area contributed by atoms with Gasteiger partial charge in [0, 0.05) is 16.9 Å². The Morgan fingerprint density at radius 1 is 0.871 bits per heavy atom. The smallest absolute Gasteiger partial charge is 0.234 e. The van der Waals surface area contributed by atoms with Crippen molar-refractivity contribution in [2.24, 2.45) is 0 Å². The van der Waals surface area contributed by atoms with Gasteiger partial charge in [-0.05, 0) is 48.9 Å². The van der Waals surface area contributed by atoms with Crippen molar-refractivity contribution in [3.8, 4) is 10.6 Å². The van der Waals surface area contributed by atoms with Crippen LogP contribution in [0.2, 0.25) is 0 Å². The molecule has 0 radical (unpaired) electrons. The first-order chi connectivity index (χ1) is 15.1. The van der Waals surface area contributed by atoms with E-state index in [-0.39, 0.29) is 23.3 Å². The molecular weight excluding hydrogens is 426 g/mol. The predicted molar refractivity (Wildman–Crippen MR) is 131 cm³/mol. The van der Waals surface area contributed by atoms with Crippen LogP contribution in [0.15, 0.2) is 72.8 Å². The molecule has 0 bridgehead atoms. The molecule has 2 N–H and O–H groups in total. The molecule has 0 fully saturated rings. The molecule has 5 nitrogen and oxygen atoms in total. The summed E-state index contributed by atoms with van der Waals surface area (Å²) in [4.78, 5) is 29.0. The zero-order chi connectivity index (χ0) is 21.6. The van der Waals surface area contributed by atoms with Gasteiger partial charge in [-0.3, -0.25) is 9.59 Å². The lowest BCUT2D eigenvalue weighted by Gasteiger charge is -2.07. The molecule has 156 valence electrons. The first-order valence-electron chi connectivity index (χ1n) is 9.77. The van der Waals surface area contributed by atoms with E-state index in [9.17, 15) is 9.59 Å². The number of hydrogen-bond donors (Lipinski definition) is 2. The third-order valence-corrected chi connectivity index (χ3v) is 6.47. The summed E-state index contributed by atoms with van der Waals surface area (Å²) in [7, 11) is 0. The van der Waals surface area contributed by atoms with Crippen LogP contribution in [0.3, 0.4) is 0 Å². The van der Waals surface area contributed by atoms with Crippen LogP contribution in [0, 0.1) is 6.92 Å². The second-order valence-electron chi connectivity index (χ2n) is 7.03. The molecule has 0 unspecified atom stereocenters. The van der Waals surface area contributed by atoms with E-state index < -0.39 is 0 Å². The molecule has 0 saturated heterocycles. The Labute approximate surface area is 188 Å². The second kappa shape index (κ2) is 9.76. The number of aryl methyl sites for hydroxylation is 1. The van der Waals surface area contributed by atoms with Crippen molar-refractivity contribution in [2.75, 3.05) is 22.1 Å². The highest BCUT2D eigenvalue weighted by atomic mass is 32.2. The fraction of sp³-hybridized carbons (Fsp3) is 0.125. The normalized spacial score (nSPS) is 10.7. The Hall–Kier alpha value is -3.16. The highest BCUT2D eigenvalue weighted by Gasteiger charge is 2.09. The minimum absolute atomic E-state index is 0.124. The quantitative estimate of drug-likeness (QED) is 0.388. The Balaban J connectivity index is 1.29. The Bertz CT molecular complexity index is 1200. The number of nitrogens with one attached hydrogen (secondary N) is 2. The summed E-state index contributed by atoms with van der Waals surface area (Å²) in [6.07, 6.45) is 0. The number of anilines is 2. The Morgan fingerprint density at radius 2 is 1.55 bits per heavy atom. The molecule has 0 spiro atoms. The van der Waals surface area contributed by atoms with Gasteiger partial charge in [-0.1, -0.05) is 36.4 Å². The van der Waals surface area contributed by atoms with E-state index in [4.69, 9.17) is 0 Å². The van der Waals surface area contributed by atoms with E-state index in [0.29, 0.717) is 5.69 Å². The Morgan fingerprint density at radius 3 is 2.26 bits per heavy atom. The van der Waals surface area contributed by atoms with Gasteiger partial charge in [0.05, 0.1) is 21.7 Å². The fourth-order valence-corrected chi connectivity index (χ4v) is 4.66. The number of carbonyl (C=O) groups is 2. The fourth-order valence-electron chi connectivity index (χ4n) is 3.08. The van der Waals surface area contributed by atoms with Crippen LogP contribution in [0.25, 0.3) is 20.8 Å². The number of benzene rings is 3. The second-order valence-corrected chi connectivity index (χ2v) is 9.04. The molecule has 1 heterocycles. The van der Waals surface area contributed by atoms with E-state index in [2.05, 4.69) is 21.7 Å². The SMILES string of the molecule is Cc1cccc(NC(=O)CSCC(=O)Nc2cccc(-c3nc4ccccc4s3)c2)c1. The molecule has 0 atom stereocenters. The van der Waals surface area contributed by atoms with E-state index >= 15 is 0 Å². The van der Waals surface area contributed by atoms with Gasteiger partial charge in [-0.25, -0.2) is 4.98 Å². The van der Waals surface area contributed by atoms with Crippen molar-refractivity contribution < 1.29 is 9.59 Å². The molecule has 0 aliphatic heterocycles. The molecule has 0 aliphatic carbocycles. The van der Waals surface area contributed by atoms with Crippen LogP contribution in [0.1, 0.15) is 5.56 Å². The van der Waals surface area contributed by atoms with Crippen LogP contribution < -0.4 is 10.6 Å². The van der Waals surface area contributed by atoms with Crippen LogP contribution in [-0.4, -0.2) is 28.3 Å². The number of nitrogens with zero attached hydrogens (tertiary/aromatic N) is 1. The largest absolute Gasteiger partial charge is 0.325 e. The van der Waals surface area contributed by atoms with Gasteiger partial charge < -0.3 is 10.6 Å². The van der Waals surface area contributed by atoms with Crippen molar-refractivity contribution in [3.05, 3.63) is 78.4 Å². The number of aromatic nitrogens is 1. The number of rotatable bonds is 7. The first kappa shape index (κ1) is 21.1. The van der Waals surface area contributed by atoms with Crippen molar-refractivity contribution in [1.29, 1.82) is 0 Å². The molecule has 4 rings (SSSR count). The van der Waals surface area contributed by atoms with Crippen LogP contribution in [0.5, 0.6) is 0 Å². The maximum absolute atomic E-state index is 12.3. The minimum atomic E-state index is -0.144. The summed E-state index contributed by atoms with van der Waals surface area (Å²) >= 11 is 2.91. The van der Waals surface area contributed by atoms with Crippen LogP contribution in [-0.2, 0) is 9.59 Å². The van der Waals surface area contributed by atoms with Gasteiger partial charge in [0.2, 0.25) is 11.8 Å². The van der Waals surface area contributed by atoms with E-state index in [1.807, 2.05) is 73.7 Å². The molecule has 7 heteroatoms. The van der Waals surface area contributed by atoms with Crippen molar-refractivity contribution in [2.45, 2.75) is 6.92 Å². The highest BCUT2D eigenvalue weighted by Crippen LogP contribution is 2.31. The van der Waals surface area contributed by atoms with Gasteiger partial charge in [-0.2, -0.15) is 0 Å². The summed E-state index contributed by atoms with van der Waals surface area (Å²) in [5.74, 6) is 0.149. The predicted octanol–water partition coefficient (Wildman–Crippen LogP) is 5.58. The van der Waals surface area contributed by atoms with Gasteiger partial charge >= 0.3 is 0 Å². The van der Waals surface area contributed by atoms with E-state index in [1.54, 1.807) is 11.3 Å². The number of hydrogen-bond acceptors (Lipinski definition) is 5. The minimum Gasteiger partial charge on any atom is -0.325 e. The monoisotopic (exact) mass is 447 g/mol. The standard InChI is InChI=1S/C24H21N3O2S2/c1-16-6-4-8-18(12-16)25-22(28)14-30-15-23(29)26-19-9-5-7-17(13-19)24-27-20-10-2-3-11-21(20)31-24/h2-13H,14-15H2,1H3,(H,25,28)(H,26,29). The van der Waals surface area contributed by atoms with Crippen molar-refractivity contribution >= 4 is 56.5 Å². The average molecular weight is 448 g/mol. The molecule has 4 aromatic rings. The molecule has 2 amide bonds. The van der Waals surface area contributed by atoms with E-state index in [1.165, 1.54) is 11.8 Å². The van der Waals surface area contributed by atoms with Crippen LogP contribution >= 0.6 is 23.1 Å². The lowest BCUT2D eigenvalue weighted by atomic mass is 10.2. The molecular formula is C24H21N3O2S2. The summed E-state index contributed by atoms with van der Waals surface area (Å²) in [5.41, 5.74) is 4.49. The Kier molecular flexibility index (Phi) is 6.64. The molecule has 3 aromatic carbocycles. The highest BCUT2D eigenvalue weighted by molar-refractivity contribution is 8.00. The zero-order valence-electron chi connectivity index (χ0n) is 16.9. The summed E-state index contributed by atoms with van der Waals surface area (Å²) in [6, 6.07) is 23.3. The maximum Gasteiger partial charge on any atom is 0.234 e. The van der Waals surface area contributed by atoms with Gasteiger partial charge in [0.1, 0.15) is 5.01 Å². The summed E-state index contributed by atoms with van der Waals surface area (Å²) < 4.78 is 1.13. The maximum atomic E-state index is 12.3. The lowest BCUT2D eigenvalue weighted by molar-refractivity contribution is -0.114. The molecule has 1 aromatic heterocycles. The number of thioether (sulfide) groups is 1. The molecule has 0 saturated carbocycles. The molecule has 31 heavy (non-hydrogen) atoms. The third-order valence-electron chi connectivity index (χ3n) is 4.46. The summed E-state index contributed by atoms with van der Waals surface area (Å²) in [6.45, 7) is 1.97. The topological polar surface area (TPSA) is 71.1 Å². The van der Waals surface area contributed by atoms with E-state index in [0.717, 1.165) is 32.0 Å². The lowest BCUT2D eigenvalue weighted by Crippen LogP contribution is -2.18. The van der Waals surface area contributed by atoms with Gasteiger partial charge in [0.25, 0.3) is 0 Å². The van der Waals surface area contributed by atoms with Crippen LogP contribution in [0.4, 0.5) is 11.4 Å². The molecule has 0 aliphatic rings.